The van der Waals surface area contributed by atoms with Crippen molar-refractivity contribution < 1.29 is 9.00 Å². The van der Waals surface area contributed by atoms with Crippen molar-refractivity contribution in [2.24, 2.45) is 5.92 Å². The molecule has 0 saturated heterocycles. The molecule has 1 aliphatic rings. The van der Waals surface area contributed by atoms with E-state index in [1.165, 1.54) is 6.42 Å². The fourth-order valence-corrected chi connectivity index (χ4v) is 4.39. The molecular weight excluding hydrogens is 284 g/mol. The Bertz CT molecular complexity index is 545. The molecule has 0 radical (unpaired) electrons. The quantitative estimate of drug-likeness (QED) is 0.840. The van der Waals surface area contributed by atoms with Gasteiger partial charge in [0, 0.05) is 16.0 Å². The summed E-state index contributed by atoms with van der Waals surface area (Å²) in [7, 11) is -1.09. The predicted octanol–water partition coefficient (Wildman–Crippen LogP) is 2.84. The van der Waals surface area contributed by atoms with Gasteiger partial charge < -0.3 is 11.1 Å². The van der Waals surface area contributed by atoms with Crippen molar-refractivity contribution in [1.29, 1.82) is 0 Å². The molecule has 21 heavy (non-hydrogen) atoms. The van der Waals surface area contributed by atoms with E-state index >= 15 is 0 Å². The van der Waals surface area contributed by atoms with E-state index in [0.29, 0.717) is 17.3 Å². The Hall–Kier alpha value is -1.36. The van der Waals surface area contributed by atoms with Crippen LogP contribution >= 0.6 is 0 Å². The van der Waals surface area contributed by atoms with Crippen LogP contribution in [0.2, 0.25) is 0 Å². The SMILES string of the molecule is Cc1ccc(NC(=O)CS(=O)C2CCCC(C)C2)c(N)c1. The minimum Gasteiger partial charge on any atom is -0.397 e. The van der Waals surface area contributed by atoms with Gasteiger partial charge in [-0.25, -0.2) is 0 Å². The molecule has 116 valence electrons. The molecule has 1 saturated carbocycles. The number of hydrogen-bond acceptors (Lipinski definition) is 3. The van der Waals surface area contributed by atoms with Gasteiger partial charge in [-0.1, -0.05) is 25.8 Å². The van der Waals surface area contributed by atoms with Crippen molar-refractivity contribution in [3.63, 3.8) is 0 Å². The second-order valence-corrected chi connectivity index (χ2v) is 7.77. The molecule has 4 nitrogen and oxygen atoms in total. The maximum atomic E-state index is 12.3. The van der Waals surface area contributed by atoms with E-state index in [-0.39, 0.29) is 16.9 Å². The molecule has 1 fully saturated rings. The first-order valence-electron chi connectivity index (χ1n) is 7.49. The second-order valence-electron chi connectivity index (χ2n) is 6.06. The maximum Gasteiger partial charge on any atom is 0.237 e. The molecule has 5 heteroatoms. The summed E-state index contributed by atoms with van der Waals surface area (Å²) in [5.41, 5.74) is 8.06. The fourth-order valence-electron chi connectivity index (χ4n) is 2.85. The van der Waals surface area contributed by atoms with Crippen LogP contribution in [0.4, 0.5) is 11.4 Å². The third kappa shape index (κ3) is 4.56. The highest BCUT2D eigenvalue weighted by molar-refractivity contribution is 7.86. The number of carbonyl (C=O) groups excluding carboxylic acids is 1. The van der Waals surface area contributed by atoms with Gasteiger partial charge in [-0.15, -0.1) is 0 Å². The number of hydrogen-bond donors (Lipinski definition) is 2. The zero-order valence-electron chi connectivity index (χ0n) is 12.7. The zero-order chi connectivity index (χ0) is 15.4. The number of anilines is 2. The Morgan fingerprint density at radius 2 is 2.19 bits per heavy atom. The average Bonchev–Trinajstić information content (AvgIpc) is 2.42. The minimum atomic E-state index is -1.09. The largest absolute Gasteiger partial charge is 0.397 e. The second kappa shape index (κ2) is 7.07. The van der Waals surface area contributed by atoms with Crippen molar-refractivity contribution in [3.05, 3.63) is 23.8 Å². The third-order valence-electron chi connectivity index (χ3n) is 4.01. The van der Waals surface area contributed by atoms with Crippen LogP contribution in [0.3, 0.4) is 0 Å². The topological polar surface area (TPSA) is 72.2 Å². The first-order chi connectivity index (χ1) is 9.95. The van der Waals surface area contributed by atoms with Crippen LogP contribution in [0.15, 0.2) is 18.2 Å². The van der Waals surface area contributed by atoms with Crippen molar-refractivity contribution in [3.8, 4) is 0 Å². The standard InChI is InChI=1S/C16H24N2O2S/c1-11-4-3-5-13(8-11)21(20)10-16(19)18-15-7-6-12(2)9-14(15)17/h6-7,9,11,13H,3-5,8,10,17H2,1-2H3,(H,18,19). The van der Waals surface area contributed by atoms with Gasteiger partial charge in [-0.05, 0) is 43.4 Å². The van der Waals surface area contributed by atoms with Crippen LogP contribution in [0.25, 0.3) is 0 Å². The van der Waals surface area contributed by atoms with Crippen LogP contribution in [-0.2, 0) is 15.6 Å². The molecular formula is C16H24N2O2S. The molecule has 0 heterocycles. The first-order valence-corrected chi connectivity index (χ1v) is 8.87. The highest BCUT2D eigenvalue weighted by Crippen LogP contribution is 2.27. The molecule has 3 unspecified atom stereocenters. The van der Waals surface area contributed by atoms with Crippen LogP contribution < -0.4 is 11.1 Å². The zero-order valence-corrected chi connectivity index (χ0v) is 13.5. The monoisotopic (exact) mass is 308 g/mol. The Morgan fingerprint density at radius 1 is 1.43 bits per heavy atom. The lowest BCUT2D eigenvalue weighted by Gasteiger charge is -2.25. The lowest BCUT2D eigenvalue weighted by Crippen LogP contribution is -2.29. The summed E-state index contributed by atoms with van der Waals surface area (Å²) < 4.78 is 12.3. The van der Waals surface area contributed by atoms with E-state index in [9.17, 15) is 9.00 Å². The Balaban J connectivity index is 1.90. The molecule has 1 aromatic carbocycles. The van der Waals surface area contributed by atoms with Gasteiger partial charge in [0.1, 0.15) is 5.75 Å². The molecule has 0 spiro atoms. The summed E-state index contributed by atoms with van der Waals surface area (Å²) in [5, 5.41) is 2.92. The lowest BCUT2D eigenvalue weighted by molar-refractivity contribution is -0.113. The summed E-state index contributed by atoms with van der Waals surface area (Å²) in [6, 6.07) is 5.50. The highest BCUT2D eigenvalue weighted by atomic mass is 32.2. The molecule has 1 aliphatic carbocycles. The Morgan fingerprint density at radius 3 is 2.86 bits per heavy atom. The van der Waals surface area contributed by atoms with Gasteiger partial charge in [-0.3, -0.25) is 9.00 Å². The summed E-state index contributed by atoms with van der Waals surface area (Å²) in [4.78, 5) is 12.0. The first kappa shape index (κ1) is 16.0. The third-order valence-corrected chi connectivity index (χ3v) is 5.73. The van der Waals surface area contributed by atoms with E-state index in [1.807, 2.05) is 19.1 Å². The molecule has 2 rings (SSSR count). The van der Waals surface area contributed by atoms with Gasteiger partial charge in [0.25, 0.3) is 0 Å². The molecule has 1 aromatic rings. The van der Waals surface area contributed by atoms with Crippen molar-refractivity contribution in [2.45, 2.75) is 44.8 Å². The number of nitrogen functional groups attached to an aromatic ring is 1. The number of nitrogens with one attached hydrogen (secondary N) is 1. The number of benzene rings is 1. The Kier molecular flexibility index (Phi) is 5.39. The van der Waals surface area contributed by atoms with Gasteiger partial charge >= 0.3 is 0 Å². The fraction of sp³-hybridized carbons (Fsp3) is 0.562. The van der Waals surface area contributed by atoms with Gasteiger partial charge in [-0.2, -0.15) is 0 Å². The average molecular weight is 308 g/mol. The number of amides is 1. The predicted molar refractivity (Wildman–Crippen MR) is 88.7 cm³/mol. The molecule has 1 amide bonds. The van der Waals surface area contributed by atoms with Gasteiger partial charge in [0.05, 0.1) is 11.4 Å². The normalized spacial score (nSPS) is 23.5. The number of nitrogens with two attached hydrogens (primary N) is 1. The van der Waals surface area contributed by atoms with Crippen molar-refractivity contribution >= 4 is 28.1 Å². The van der Waals surface area contributed by atoms with Crippen LogP contribution in [0, 0.1) is 12.8 Å². The number of rotatable bonds is 4. The maximum absolute atomic E-state index is 12.3. The minimum absolute atomic E-state index is 0.0602. The lowest BCUT2D eigenvalue weighted by atomic mass is 9.91. The van der Waals surface area contributed by atoms with Gasteiger partial charge in [0.15, 0.2) is 0 Å². The molecule has 3 atom stereocenters. The summed E-state index contributed by atoms with van der Waals surface area (Å²) in [6.45, 7) is 4.14. The van der Waals surface area contributed by atoms with E-state index in [2.05, 4.69) is 12.2 Å². The molecule has 0 bridgehead atoms. The summed E-state index contributed by atoms with van der Waals surface area (Å²) in [6.07, 6.45) is 4.26. The Labute approximate surface area is 129 Å². The van der Waals surface area contributed by atoms with Crippen LogP contribution in [0.1, 0.15) is 38.2 Å². The van der Waals surface area contributed by atoms with Crippen LogP contribution in [-0.4, -0.2) is 21.1 Å². The van der Waals surface area contributed by atoms with E-state index in [0.717, 1.165) is 24.8 Å². The van der Waals surface area contributed by atoms with Crippen molar-refractivity contribution in [1.82, 2.24) is 0 Å². The van der Waals surface area contributed by atoms with Gasteiger partial charge in [0.2, 0.25) is 5.91 Å². The van der Waals surface area contributed by atoms with E-state index in [1.54, 1.807) is 6.07 Å². The summed E-state index contributed by atoms with van der Waals surface area (Å²) >= 11 is 0. The van der Waals surface area contributed by atoms with E-state index in [4.69, 9.17) is 5.73 Å². The molecule has 0 aromatic heterocycles. The van der Waals surface area contributed by atoms with Crippen molar-refractivity contribution in [2.75, 3.05) is 16.8 Å². The smallest absolute Gasteiger partial charge is 0.237 e. The summed E-state index contributed by atoms with van der Waals surface area (Å²) in [5.74, 6) is 0.454. The number of carbonyl (C=O) groups is 1. The number of aryl methyl sites for hydroxylation is 1. The molecule has 0 aliphatic heterocycles. The van der Waals surface area contributed by atoms with Crippen LogP contribution in [0.5, 0.6) is 0 Å². The molecule has 3 N–H and O–H groups in total. The highest BCUT2D eigenvalue weighted by Gasteiger charge is 2.25. The van der Waals surface area contributed by atoms with E-state index < -0.39 is 10.8 Å².